The average Bonchev–Trinajstić information content (AvgIpc) is 2.87. The number of halogens is 2. The Morgan fingerprint density at radius 2 is 0.606 bits per heavy atom. The van der Waals surface area contributed by atoms with Crippen LogP contribution in [0.2, 0.25) is 0 Å². The van der Waals surface area contributed by atoms with Crippen molar-refractivity contribution in [2.24, 2.45) is 0 Å². The van der Waals surface area contributed by atoms with Crippen molar-refractivity contribution in [3.63, 3.8) is 0 Å². The zero-order valence-electron chi connectivity index (χ0n) is 17.8. The Hall–Kier alpha value is -2.12. The molecular formula is C30H21Br2Sb. The summed E-state index contributed by atoms with van der Waals surface area (Å²) in [6.07, 6.45) is 0. The first-order chi connectivity index (χ1) is 16.1. The summed E-state index contributed by atoms with van der Waals surface area (Å²) < 4.78 is 4.07. The molecule has 0 spiro atoms. The van der Waals surface area contributed by atoms with E-state index in [1.54, 1.807) is 0 Å². The van der Waals surface area contributed by atoms with Crippen LogP contribution in [0, 0.1) is 0 Å². The van der Waals surface area contributed by atoms with E-state index in [0.717, 1.165) is 0 Å². The van der Waals surface area contributed by atoms with Crippen LogP contribution >= 0.6 is 25.2 Å². The molecule has 0 saturated carbocycles. The van der Waals surface area contributed by atoms with Crippen molar-refractivity contribution in [2.45, 2.75) is 0 Å². The van der Waals surface area contributed by atoms with E-state index >= 15 is 0 Å². The Labute approximate surface area is 206 Å². The van der Waals surface area contributed by atoms with Gasteiger partial charge in [-0.25, -0.2) is 0 Å². The molecule has 0 nitrogen and oxygen atoms in total. The number of benzene rings is 6. The molecule has 0 saturated heterocycles. The molecule has 0 aromatic heterocycles. The molecule has 0 aliphatic heterocycles. The van der Waals surface area contributed by atoms with Crippen LogP contribution < -0.4 is 10.5 Å². The van der Waals surface area contributed by atoms with Gasteiger partial charge in [-0.05, 0) is 0 Å². The fourth-order valence-corrected chi connectivity index (χ4v) is 28.1. The zero-order chi connectivity index (χ0) is 22.5. The molecular weight excluding hydrogens is 642 g/mol. The van der Waals surface area contributed by atoms with Crippen molar-refractivity contribution in [3.8, 4) is 0 Å². The third kappa shape index (κ3) is 3.22. The van der Waals surface area contributed by atoms with Crippen molar-refractivity contribution in [3.05, 3.63) is 127 Å². The van der Waals surface area contributed by atoms with Crippen LogP contribution in [-0.4, -0.2) is 12.9 Å². The molecule has 33 heavy (non-hydrogen) atoms. The summed E-state index contributed by atoms with van der Waals surface area (Å²) in [6, 6.07) is 46.4. The Morgan fingerprint density at radius 3 is 0.939 bits per heavy atom. The van der Waals surface area contributed by atoms with Crippen LogP contribution in [0.25, 0.3) is 32.3 Å². The number of fused-ring (bicyclic) bond motifs is 3. The van der Waals surface area contributed by atoms with Gasteiger partial charge in [-0.15, -0.1) is 0 Å². The van der Waals surface area contributed by atoms with Gasteiger partial charge in [-0.3, -0.25) is 0 Å². The van der Waals surface area contributed by atoms with Gasteiger partial charge in [0, 0.05) is 0 Å². The van der Waals surface area contributed by atoms with Crippen molar-refractivity contribution < 1.29 is 0 Å². The second kappa shape index (κ2) is 7.98. The maximum atomic E-state index is 4.60. The molecule has 0 unspecified atom stereocenters. The fourth-order valence-electron chi connectivity index (χ4n) is 5.04. The first-order valence-electron chi connectivity index (χ1n) is 11.0. The Kier molecular flexibility index (Phi) is 5.18. The fraction of sp³-hybridized carbons (Fsp3) is 0. The predicted molar refractivity (Wildman–Crippen MR) is 154 cm³/mol. The monoisotopic (exact) mass is 660 g/mol. The molecule has 0 radical (unpaired) electrons. The second-order valence-corrected chi connectivity index (χ2v) is 43.1. The van der Waals surface area contributed by atoms with Gasteiger partial charge in [0.2, 0.25) is 0 Å². The maximum absolute atomic E-state index is 4.60. The summed E-state index contributed by atoms with van der Waals surface area (Å²) in [5, 5.41) is 7.64. The molecule has 6 aromatic rings. The van der Waals surface area contributed by atoms with Crippen LogP contribution in [-0.2, 0) is 0 Å². The van der Waals surface area contributed by atoms with Gasteiger partial charge >= 0.3 is 208 Å². The molecule has 0 amide bonds. The number of hydrogen-bond acceptors (Lipinski definition) is 0. The Balaban J connectivity index is 1.87. The van der Waals surface area contributed by atoms with Gasteiger partial charge < -0.3 is 0 Å². The standard InChI is InChI=1S/3C10H7.2BrH.Sb/c3*1-2-6-10-8-4-3-7-9(10)5-1;;;/h3*1-7H;2*1H;/q;;;;;+2/p-2. The van der Waals surface area contributed by atoms with Gasteiger partial charge in [0.15, 0.2) is 0 Å². The van der Waals surface area contributed by atoms with Gasteiger partial charge in [-0.2, -0.15) is 0 Å². The zero-order valence-corrected chi connectivity index (χ0v) is 23.6. The van der Waals surface area contributed by atoms with Crippen LogP contribution in [0.3, 0.4) is 0 Å². The molecule has 0 bridgehead atoms. The van der Waals surface area contributed by atoms with Gasteiger partial charge in [0.1, 0.15) is 0 Å². The van der Waals surface area contributed by atoms with E-state index in [1.165, 1.54) is 42.8 Å². The molecule has 0 aliphatic carbocycles. The Morgan fingerprint density at radius 1 is 0.333 bits per heavy atom. The first kappa shape index (κ1) is 21.4. The van der Waals surface area contributed by atoms with E-state index < -0.39 is 12.9 Å². The summed E-state index contributed by atoms with van der Waals surface area (Å²) in [7, 11) is 0. The summed E-state index contributed by atoms with van der Waals surface area (Å²) in [4.78, 5) is 0. The van der Waals surface area contributed by atoms with E-state index in [0.29, 0.717) is 0 Å². The van der Waals surface area contributed by atoms with Gasteiger partial charge in [0.05, 0.1) is 0 Å². The third-order valence-corrected chi connectivity index (χ3v) is 32.5. The number of rotatable bonds is 3. The van der Waals surface area contributed by atoms with Crippen LogP contribution in [0.15, 0.2) is 127 Å². The number of hydrogen-bond donors (Lipinski definition) is 0. The van der Waals surface area contributed by atoms with E-state index in [-0.39, 0.29) is 0 Å². The minimum absolute atomic E-state index is 1.26. The topological polar surface area (TPSA) is 0 Å². The van der Waals surface area contributed by atoms with E-state index in [2.05, 4.69) is 153 Å². The van der Waals surface area contributed by atoms with E-state index in [1.807, 2.05) is 0 Å². The van der Waals surface area contributed by atoms with E-state index in [4.69, 9.17) is 0 Å². The summed E-state index contributed by atoms with van der Waals surface area (Å²) in [6.45, 7) is 0. The average molecular weight is 663 g/mol. The van der Waals surface area contributed by atoms with E-state index in [9.17, 15) is 0 Å². The minimum atomic E-state index is -4.38. The summed E-state index contributed by atoms with van der Waals surface area (Å²) in [5.41, 5.74) is 0. The quantitative estimate of drug-likeness (QED) is 0.174. The molecule has 0 fully saturated rings. The van der Waals surface area contributed by atoms with Gasteiger partial charge in [-0.1, -0.05) is 0 Å². The molecule has 0 atom stereocenters. The van der Waals surface area contributed by atoms with Crippen molar-refractivity contribution >= 4 is 80.9 Å². The molecule has 160 valence electrons. The first-order valence-corrected chi connectivity index (χ1v) is 26.2. The Bertz CT molecular complexity index is 1460. The van der Waals surface area contributed by atoms with Crippen LogP contribution in [0.1, 0.15) is 0 Å². The second-order valence-electron chi connectivity index (χ2n) is 8.40. The molecule has 0 aliphatic rings. The molecule has 3 heteroatoms. The predicted octanol–water partition coefficient (Wildman–Crippen LogP) is 7.35. The normalized spacial score (nSPS) is 13.2. The summed E-state index contributed by atoms with van der Waals surface area (Å²) >= 11 is 4.81. The van der Waals surface area contributed by atoms with Crippen molar-refractivity contribution in [1.29, 1.82) is 0 Å². The van der Waals surface area contributed by atoms with Crippen molar-refractivity contribution in [2.75, 3.05) is 0 Å². The van der Waals surface area contributed by atoms with Crippen molar-refractivity contribution in [1.82, 2.24) is 0 Å². The molecule has 6 rings (SSSR count). The van der Waals surface area contributed by atoms with Gasteiger partial charge in [0.25, 0.3) is 0 Å². The molecule has 6 aromatic carbocycles. The summed E-state index contributed by atoms with van der Waals surface area (Å²) in [5.74, 6) is 0. The third-order valence-electron chi connectivity index (χ3n) is 6.57. The SMILES string of the molecule is [Br][Sb]([Br])([c]1cccc2ccccc12)([c]1cccc2ccccc12)[c]1cccc2ccccc12. The van der Waals surface area contributed by atoms with Crippen LogP contribution in [0.5, 0.6) is 0 Å². The molecule has 0 heterocycles. The van der Waals surface area contributed by atoms with Crippen LogP contribution in [0.4, 0.5) is 0 Å². The molecule has 0 N–H and O–H groups in total.